The van der Waals surface area contributed by atoms with Crippen molar-refractivity contribution < 1.29 is 14.3 Å². The van der Waals surface area contributed by atoms with Gasteiger partial charge >= 0.3 is 6.16 Å². The van der Waals surface area contributed by atoms with E-state index in [4.69, 9.17) is 9.47 Å². The zero-order valence-electron chi connectivity index (χ0n) is 13.9. The highest BCUT2D eigenvalue weighted by Gasteiger charge is 2.16. The number of benzene rings is 2. The van der Waals surface area contributed by atoms with Crippen molar-refractivity contribution in [1.29, 1.82) is 0 Å². The Morgan fingerprint density at radius 3 is 2.58 bits per heavy atom. The van der Waals surface area contributed by atoms with Gasteiger partial charge in [-0.3, -0.25) is 0 Å². The first-order valence-electron chi connectivity index (χ1n) is 8.80. The molecule has 0 aromatic heterocycles. The molecule has 1 saturated carbocycles. The summed E-state index contributed by atoms with van der Waals surface area (Å²) < 4.78 is 10.2. The summed E-state index contributed by atoms with van der Waals surface area (Å²) >= 11 is 0. The fourth-order valence-corrected chi connectivity index (χ4v) is 3.31. The van der Waals surface area contributed by atoms with Gasteiger partial charge in [-0.15, -0.1) is 0 Å². The van der Waals surface area contributed by atoms with E-state index in [1.54, 1.807) is 12.1 Å². The Kier molecular flexibility index (Phi) is 5.89. The lowest BCUT2D eigenvalue weighted by Crippen LogP contribution is -2.11. The van der Waals surface area contributed by atoms with Crippen molar-refractivity contribution in [3.05, 3.63) is 65.7 Å². The summed E-state index contributed by atoms with van der Waals surface area (Å²) in [5.41, 5.74) is 2.79. The molecule has 0 radical (unpaired) electrons. The van der Waals surface area contributed by atoms with Crippen LogP contribution < -0.4 is 4.74 Å². The summed E-state index contributed by atoms with van der Waals surface area (Å²) in [4.78, 5) is 11.6. The van der Waals surface area contributed by atoms with Gasteiger partial charge in [-0.1, -0.05) is 55.3 Å². The van der Waals surface area contributed by atoms with Crippen molar-refractivity contribution in [3.63, 3.8) is 0 Å². The third kappa shape index (κ3) is 4.85. The van der Waals surface area contributed by atoms with E-state index in [2.05, 4.69) is 24.3 Å². The van der Waals surface area contributed by atoms with Crippen molar-refractivity contribution in [2.45, 2.75) is 44.4 Å². The highest BCUT2D eigenvalue weighted by Crippen LogP contribution is 2.34. The molecule has 0 saturated heterocycles. The van der Waals surface area contributed by atoms with Gasteiger partial charge in [0.25, 0.3) is 0 Å². The Labute approximate surface area is 143 Å². The number of ether oxygens (including phenoxy) is 2. The van der Waals surface area contributed by atoms with Crippen LogP contribution in [0.1, 0.15) is 49.1 Å². The molecule has 0 amide bonds. The van der Waals surface area contributed by atoms with Crippen LogP contribution in [-0.4, -0.2) is 12.8 Å². The Hall–Kier alpha value is -2.29. The molecule has 0 N–H and O–H groups in total. The number of hydrogen-bond acceptors (Lipinski definition) is 3. The van der Waals surface area contributed by atoms with Gasteiger partial charge in [-0.2, -0.15) is 0 Å². The van der Waals surface area contributed by atoms with Crippen LogP contribution in [-0.2, 0) is 11.2 Å². The Morgan fingerprint density at radius 2 is 1.79 bits per heavy atom. The maximum Gasteiger partial charge on any atom is 0.513 e. The molecule has 2 aromatic rings. The minimum atomic E-state index is -0.638. The summed E-state index contributed by atoms with van der Waals surface area (Å²) in [7, 11) is 0. The molecular weight excluding hydrogens is 300 g/mol. The van der Waals surface area contributed by atoms with Gasteiger partial charge in [0.05, 0.1) is 6.61 Å². The Morgan fingerprint density at radius 1 is 1.00 bits per heavy atom. The van der Waals surface area contributed by atoms with E-state index in [0.29, 0.717) is 12.4 Å². The summed E-state index contributed by atoms with van der Waals surface area (Å²) in [6.07, 6.45) is 6.42. The average molecular weight is 324 g/mol. The topological polar surface area (TPSA) is 35.5 Å². The van der Waals surface area contributed by atoms with E-state index in [1.165, 1.54) is 36.8 Å². The number of hydrogen-bond donors (Lipinski definition) is 0. The molecule has 24 heavy (non-hydrogen) atoms. The second-order valence-electron chi connectivity index (χ2n) is 6.34. The lowest BCUT2D eigenvalue weighted by molar-refractivity contribution is 0.0981. The van der Waals surface area contributed by atoms with Crippen molar-refractivity contribution >= 4 is 6.16 Å². The molecule has 3 rings (SSSR count). The molecule has 2 aromatic carbocycles. The molecule has 1 fully saturated rings. The van der Waals surface area contributed by atoms with E-state index in [-0.39, 0.29) is 0 Å². The second-order valence-corrected chi connectivity index (χ2v) is 6.34. The normalized spacial score (nSPS) is 14.5. The van der Waals surface area contributed by atoms with Crippen molar-refractivity contribution in [3.8, 4) is 5.75 Å². The van der Waals surface area contributed by atoms with E-state index in [1.807, 2.05) is 18.2 Å². The monoisotopic (exact) mass is 324 g/mol. The maximum absolute atomic E-state index is 11.6. The first-order valence-corrected chi connectivity index (χ1v) is 8.80. The molecule has 3 nitrogen and oxygen atoms in total. The molecule has 126 valence electrons. The van der Waals surface area contributed by atoms with Crippen LogP contribution in [0.4, 0.5) is 4.79 Å². The predicted octanol–water partition coefficient (Wildman–Crippen LogP) is 5.49. The van der Waals surface area contributed by atoms with Gasteiger partial charge < -0.3 is 9.47 Å². The molecule has 0 spiro atoms. The Balaban J connectivity index is 1.40. The van der Waals surface area contributed by atoms with Gasteiger partial charge in [0.1, 0.15) is 5.75 Å². The lowest BCUT2D eigenvalue weighted by atomic mass is 9.95. The standard InChI is InChI=1S/C21H24O3/c22-21(24-20-13-2-1-3-14-20)23-15-7-9-17-8-6-12-19(16-17)18-10-4-5-11-18/h1-3,6,8,12-14,16,18H,4-5,7,9-11,15H2. The summed E-state index contributed by atoms with van der Waals surface area (Å²) in [6.45, 7) is 0.374. The van der Waals surface area contributed by atoms with Crippen LogP contribution in [0.5, 0.6) is 5.75 Å². The molecule has 0 heterocycles. The highest BCUT2D eigenvalue weighted by atomic mass is 16.7. The van der Waals surface area contributed by atoms with E-state index in [0.717, 1.165) is 18.8 Å². The zero-order valence-corrected chi connectivity index (χ0v) is 13.9. The van der Waals surface area contributed by atoms with Gasteiger partial charge in [0, 0.05) is 0 Å². The first kappa shape index (κ1) is 16.6. The van der Waals surface area contributed by atoms with Gasteiger partial charge in [0.15, 0.2) is 0 Å². The Bertz CT molecular complexity index is 645. The van der Waals surface area contributed by atoms with Crippen LogP contribution in [0, 0.1) is 0 Å². The van der Waals surface area contributed by atoms with Gasteiger partial charge in [-0.25, -0.2) is 4.79 Å². The summed E-state index contributed by atoms with van der Waals surface area (Å²) in [5, 5.41) is 0. The second kappa shape index (κ2) is 8.53. The lowest BCUT2D eigenvalue weighted by Gasteiger charge is -2.11. The molecular formula is C21H24O3. The molecule has 0 unspecified atom stereocenters. The fourth-order valence-electron chi connectivity index (χ4n) is 3.31. The van der Waals surface area contributed by atoms with Crippen molar-refractivity contribution in [2.24, 2.45) is 0 Å². The third-order valence-electron chi connectivity index (χ3n) is 4.55. The van der Waals surface area contributed by atoms with Gasteiger partial charge in [0.2, 0.25) is 0 Å². The number of carbonyl (C=O) groups excluding carboxylic acids is 1. The predicted molar refractivity (Wildman–Crippen MR) is 94.4 cm³/mol. The first-order chi connectivity index (χ1) is 11.8. The van der Waals surface area contributed by atoms with E-state index >= 15 is 0 Å². The molecule has 1 aliphatic carbocycles. The zero-order chi connectivity index (χ0) is 16.6. The van der Waals surface area contributed by atoms with E-state index in [9.17, 15) is 4.79 Å². The molecule has 1 aliphatic rings. The van der Waals surface area contributed by atoms with Crippen LogP contribution in [0.15, 0.2) is 54.6 Å². The highest BCUT2D eigenvalue weighted by molar-refractivity contribution is 5.63. The van der Waals surface area contributed by atoms with E-state index < -0.39 is 6.16 Å². The fraction of sp³-hybridized carbons (Fsp3) is 0.381. The number of carbonyl (C=O) groups is 1. The molecule has 0 bridgehead atoms. The SMILES string of the molecule is O=C(OCCCc1cccc(C2CCCC2)c1)Oc1ccccc1. The maximum atomic E-state index is 11.6. The third-order valence-corrected chi connectivity index (χ3v) is 4.55. The average Bonchev–Trinajstić information content (AvgIpc) is 3.15. The van der Waals surface area contributed by atoms with Crippen molar-refractivity contribution in [1.82, 2.24) is 0 Å². The quantitative estimate of drug-likeness (QED) is 0.400. The number of para-hydroxylation sites is 1. The van der Waals surface area contributed by atoms with Crippen LogP contribution >= 0.6 is 0 Å². The molecule has 0 atom stereocenters. The number of rotatable bonds is 6. The molecule has 0 aliphatic heterocycles. The summed E-state index contributed by atoms with van der Waals surface area (Å²) in [6, 6.07) is 17.8. The smallest absolute Gasteiger partial charge is 0.434 e. The van der Waals surface area contributed by atoms with Crippen LogP contribution in [0.3, 0.4) is 0 Å². The minimum absolute atomic E-state index is 0.374. The van der Waals surface area contributed by atoms with Crippen LogP contribution in [0.2, 0.25) is 0 Å². The van der Waals surface area contributed by atoms with Crippen LogP contribution in [0.25, 0.3) is 0 Å². The number of aryl methyl sites for hydroxylation is 1. The minimum Gasteiger partial charge on any atom is -0.434 e. The summed E-state index contributed by atoms with van der Waals surface area (Å²) in [5.74, 6) is 1.24. The largest absolute Gasteiger partial charge is 0.513 e. The van der Waals surface area contributed by atoms with Crippen molar-refractivity contribution in [2.75, 3.05) is 6.61 Å². The van der Waals surface area contributed by atoms with Gasteiger partial charge in [-0.05, 0) is 54.9 Å². The molecule has 3 heteroatoms.